The number of pyridine rings is 2. The van der Waals surface area contributed by atoms with Crippen LogP contribution in [-0.2, 0) is 63.7 Å². The second-order valence-electron chi connectivity index (χ2n) is 39.3. The normalized spacial score (nSPS) is 27.2. The van der Waals surface area contributed by atoms with Crippen molar-refractivity contribution in [2.24, 2.45) is 74.9 Å². The Morgan fingerprint density at radius 3 is 1.52 bits per heavy atom. The van der Waals surface area contributed by atoms with Crippen molar-refractivity contribution in [1.29, 1.82) is 0 Å². The molecule has 29 nitrogen and oxygen atoms in total. The van der Waals surface area contributed by atoms with Crippen molar-refractivity contribution in [1.82, 2.24) is 49.1 Å². The van der Waals surface area contributed by atoms with E-state index in [-0.39, 0.29) is 105 Å². The number of carboxylic acids is 2. The van der Waals surface area contributed by atoms with Gasteiger partial charge in [-0.15, -0.1) is 18.3 Å². The molecule has 2 amide bonds. The lowest BCUT2D eigenvalue weighted by Gasteiger charge is -2.35. The van der Waals surface area contributed by atoms with Gasteiger partial charge in [-0.25, -0.2) is 19.3 Å². The smallest absolute Gasteiger partial charge is 0.310 e. The van der Waals surface area contributed by atoms with Gasteiger partial charge >= 0.3 is 23.9 Å². The fourth-order valence-electron chi connectivity index (χ4n) is 19.3. The van der Waals surface area contributed by atoms with Crippen molar-refractivity contribution < 1.29 is 86.8 Å². The number of aliphatic carboxylic acids is 2. The molecule has 6 aromatic rings. The molecule has 4 saturated heterocycles. The number of halogens is 1. The lowest BCUT2D eigenvalue weighted by Crippen LogP contribution is -2.48. The molecule has 0 radical (unpaired) electrons. The van der Waals surface area contributed by atoms with E-state index in [0.29, 0.717) is 114 Å². The van der Waals surface area contributed by atoms with E-state index in [1.165, 1.54) is 22.6 Å². The molecule has 8 heterocycles. The Labute approximate surface area is 736 Å². The average molecular weight is 1750 g/mol. The molecule has 676 valence electrons. The number of carbonyl (C=O) groups excluding carboxylic acids is 6. The Balaban J connectivity index is 0.000000169. The number of likely N-dealkylation sites (tertiary alicyclic amines) is 2. The number of β-amino-alcohol motifs (C(OH)–C–C–N with tert-alkyl or cyclic N) is 1. The van der Waals surface area contributed by atoms with Gasteiger partial charge in [-0.3, -0.25) is 48.2 Å². The zero-order valence-corrected chi connectivity index (χ0v) is 74.8. The highest BCUT2D eigenvalue weighted by Crippen LogP contribution is 2.59. The lowest BCUT2D eigenvalue weighted by molar-refractivity contribution is -0.157. The number of allylic oxidation sites excluding steroid dienone is 2. The Hall–Kier alpha value is -9.39. The maximum Gasteiger partial charge on any atom is 0.310 e. The summed E-state index contributed by atoms with van der Waals surface area (Å²) in [5, 5.41) is 45.2. The largest absolute Gasteiger partial charge is 0.492 e. The van der Waals surface area contributed by atoms with Crippen LogP contribution >= 0.6 is 11.6 Å². The molecule has 6 aliphatic carbocycles. The van der Waals surface area contributed by atoms with Gasteiger partial charge in [0.05, 0.1) is 108 Å². The Bertz CT molecular complexity index is 4930. The van der Waals surface area contributed by atoms with Crippen LogP contribution in [0.1, 0.15) is 165 Å². The van der Waals surface area contributed by atoms with E-state index >= 15 is 0 Å². The number of anilines is 1. The Kier molecular flexibility index (Phi) is 28.4. The molecular weight excluding hydrogens is 1620 g/mol. The maximum atomic E-state index is 14.9. The summed E-state index contributed by atoms with van der Waals surface area (Å²) in [4.78, 5) is 124. The highest BCUT2D eigenvalue weighted by Gasteiger charge is 2.63. The van der Waals surface area contributed by atoms with Crippen molar-refractivity contribution in [2.75, 3.05) is 97.3 Å². The van der Waals surface area contributed by atoms with Crippen molar-refractivity contribution >= 4 is 86.5 Å². The van der Waals surface area contributed by atoms with Crippen LogP contribution in [0.2, 0.25) is 5.02 Å². The lowest BCUT2D eigenvalue weighted by atomic mass is 9.77. The van der Waals surface area contributed by atoms with Crippen LogP contribution in [0.4, 0.5) is 5.82 Å². The van der Waals surface area contributed by atoms with Crippen LogP contribution in [0.15, 0.2) is 98.4 Å². The van der Waals surface area contributed by atoms with Crippen LogP contribution in [0.5, 0.6) is 17.2 Å². The van der Waals surface area contributed by atoms with Crippen molar-refractivity contribution in [2.45, 2.75) is 208 Å². The van der Waals surface area contributed by atoms with Crippen molar-refractivity contribution in [3.05, 3.63) is 109 Å². The number of nitrogens with one attached hydrogen (secondary N) is 1. The van der Waals surface area contributed by atoms with Gasteiger partial charge in [0, 0.05) is 131 Å². The van der Waals surface area contributed by atoms with Gasteiger partial charge in [0.2, 0.25) is 11.8 Å². The van der Waals surface area contributed by atoms with Gasteiger partial charge in [0.25, 0.3) is 0 Å². The third kappa shape index (κ3) is 22.4. The van der Waals surface area contributed by atoms with E-state index in [1.54, 1.807) is 27.6 Å². The minimum atomic E-state index is -1.26. The number of hydrogen-bond acceptors (Lipinski definition) is 23. The number of nitrogens with zero attached hydrogens (tertiary/aromatic N) is 10. The van der Waals surface area contributed by atoms with E-state index in [1.807, 2.05) is 122 Å². The molecule has 0 bridgehead atoms. The number of esters is 2. The summed E-state index contributed by atoms with van der Waals surface area (Å²) in [7, 11) is 0. The molecule has 125 heavy (non-hydrogen) atoms. The first-order valence-electron chi connectivity index (χ1n) is 44.9. The number of morpholine rings is 2. The van der Waals surface area contributed by atoms with Gasteiger partial charge in [-0.05, 0) is 154 Å². The quantitative estimate of drug-likeness (QED) is 0.0215. The molecule has 6 saturated carbocycles. The molecule has 0 spiro atoms. The number of benzene rings is 2. The summed E-state index contributed by atoms with van der Waals surface area (Å²) < 4.78 is 44.9. The highest BCUT2D eigenvalue weighted by molar-refractivity contribution is 6.35. The summed E-state index contributed by atoms with van der Waals surface area (Å²) in [5.74, 6) is 0.528. The van der Waals surface area contributed by atoms with E-state index in [2.05, 4.69) is 47.2 Å². The molecule has 10 fully saturated rings. The summed E-state index contributed by atoms with van der Waals surface area (Å²) in [6, 6.07) is 17.4. The summed E-state index contributed by atoms with van der Waals surface area (Å²) in [6.45, 7) is 36.7. The highest BCUT2D eigenvalue weighted by atomic mass is 35.5. The summed E-state index contributed by atoms with van der Waals surface area (Å²) in [6.07, 6.45) is 12.3. The monoisotopic (exact) mass is 1740 g/mol. The maximum absolute atomic E-state index is 14.9. The van der Waals surface area contributed by atoms with Gasteiger partial charge < -0.3 is 63.6 Å². The van der Waals surface area contributed by atoms with Crippen molar-refractivity contribution in [3.8, 4) is 28.9 Å². The van der Waals surface area contributed by atoms with Crippen LogP contribution < -0.4 is 19.5 Å². The van der Waals surface area contributed by atoms with Gasteiger partial charge in [0.15, 0.2) is 23.2 Å². The number of ether oxygens (including phenoxy) is 7. The predicted octanol–water partition coefficient (Wildman–Crippen LogP) is 12.5. The van der Waals surface area contributed by atoms with E-state index in [9.17, 15) is 53.7 Å². The molecule has 4 N–H and O–H groups in total. The zero-order valence-electron chi connectivity index (χ0n) is 74.1. The van der Waals surface area contributed by atoms with E-state index in [4.69, 9.17) is 59.8 Å². The average Bonchev–Trinajstić information content (AvgIpc) is 1.59. The fourth-order valence-corrected chi connectivity index (χ4v) is 19.6. The number of rotatable bonds is 34. The number of hydrogen-bond donors (Lipinski definition) is 4. The second-order valence-corrected chi connectivity index (χ2v) is 39.7. The number of amides is 2. The number of aromatic nitrogens is 6. The van der Waals surface area contributed by atoms with Gasteiger partial charge in [-0.1, -0.05) is 79.1 Å². The SMILES string of the molecule is C=C[C@@H]1C[C@]1(CC(=O)[C@@H]1CC(O)CN1C(=O)[C@@H](CC(=O)OC1CC2C[C@H]2C1)C(C)(C)C)C(=O)O.C=C[C@@H]1C[C@]1(CC(=O)[C@@H]1CC(Oc2cc(-n3ccc(NC(C)C)n3)nc3cc(OCCN4CCOCC4)ccc23)CN1C(=O)[C@@H](CC(=O)OC1CC2C[C@H]2C1)C(C)(C)C)C(=O)O.CC(C)Cc1ccn(-c2cc(Cl)c3ccc(OCCN4CCOCC4)cc3n2)n1. The van der Waals surface area contributed by atoms with Crippen LogP contribution in [0, 0.1) is 74.9 Å². The Morgan fingerprint density at radius 2 is 1.05 bits per heavy atom. The Morgan fingerprint density at radius 1 is 0.584 bits per heavy atom. The number of fused-ring (bicyclic) bond motifs is 4. The first-order valence-corrected chi connectivity index (χ1v) is 45.3. The molecule has 4 aromatic heterocycles. The number of aliphatic hydroxyl groups is 1. The minimum Gasteiger partial charge on any atom is -0.492 e. The van der Waals surface area contributed by atoms with E-state index < -0.39 is 81.7 Å². The first kappa shape index (κ1) is 91.8. The summed E-state index contributed by atoms with van der Waals surface area (Å²) in [5.41, 5.74) is -1.19. The molecule has 4 aliphatic heterocycles. The minimum absolute atomic E-state index is 0.00614. The fraction of sp³-hybridized carbons (Fsp3) is 0.621. The molecule has 16 atom stereocenters. The third-order valence-electron chi connectivity index (χ3n) is 27.0. The topological polar surface area (TPSA) is 348 Å². The molecule has 16 rings (SSSR count). The second kappa shape index (κ2) is 38.7. The number of ketones is 2. The van der Waals surface area contributed by atoms with Crippen LogP contribution in [-0.4, -0.2) is 246 Å². The molecular formula is C95H126ClN11O18. The predicted molar refractivity (Wildman–Crippen MR) is 469 cm³/mol. The molecule has 2 aromatic carbocycles. The number of carbonyl (C=O) groups is 8. The third-order valence-corrected chi connectivity index (χ3v) is 27.3. The molecule has 6 unspecified atom stereocenters. The first-order chi connectivity index (χ1) is 59.5. The summed E-state index contributed by atoms with van der Waals surface area (Å²) >= 11 is 6.52. The van der Waals surface area contributed by atoms with Gasteiger partial charge in [-0.2, -0.15) is 5.10 Å². The zero-order chi connectivity index (χ0) is 89.1. The molecule has 30 heteroatoms. The standard InChI is InChI=1S/C47H62N6O9.C26H37NO7.C22H27ClN4O2/c1-7-31-25-47(31,45(57)58)26-39(54)38-22-34(27-52(38)44(56)36(46(4,5)6)23-43(55)62-33-19-29-18-30(29)20-33)61-40-24-42(53-11-10-41(50-53)48-28(2)3)49-37-21-32(8-9-35(37)40)60-17-14-51-12-15-59-16-13-51;1-5-16-11-26(16,24(32)33)12-21(29)20-9-17(28)13-27(20)23(31)19(25(2,3)4)10-22(30)34-18-7-14-6-15(14)8-18;1-16(2)13-17-5-6-27(25-17)22-15-20(23)19-4-3-18(14-21(19)24-22)29-12-9-26-7-10-28-11-8-26/h7-11,21,24,28-31,33-34,36,38H,1,12-20,22-23,25-27H2,2-6H3,(H,48,50)(H,57,58);5,14-20,28H,1,6-13H2,2-4H3,(H,32,33);3-6,14-16H,7-13H2,1-2H3/t29-,30?,31+,33?,34?,36+,38-,47+;14-,15?,16+,17?,18?,19+,20-,26+;/m00./s1. The van der Waals surface area contributed by atoms with Crippen molar-refractivity contribution in [3.63, 3.8) is 0 Å². The van der Waals surface area contributed by atoms with Crippen LogP contribution in [0.25, 0.3) is 33.4 Å². The number of carboxylic acid groups (broad SMARTS) is 2. The molecule has 10 aliphatic rings. The van der Waals surface area contributed by atoms with Gasteiger partial charge in [0.1, 0.15) is 54.6 Å². The number of Topliss-reactive ketones (excluding diaryl/α,β-unsaturated/α-hetero) is 2. The van der Waals surface area contributed by atoms with Crippen LogP contribution in [0.3, 0.4) is 0 Å². The number of aliphatic hydroxyl groups excluding tert-OH is 1. The van der Waals surface area contributed by atoms with E-state index in [0.717, 1.165) is 107 Å².